The number of carbonyl (C=O) groups is 2. The number of amides is 2. The Kier molecular flexibility index (Phi) is 8.42. The van der Waals surface area contributed by atoms with Crippen LogP contribution in [0, 0.1) is 17.7 Å². The number of rotatable bonds is 7. The Morgan fingerprint density at radius 1 is 1.15 bits per heavy atom. The fourth-order valence-corrected chi connectivity index (χ4v) is 6.69. The number of benzene rings is 1. The molecule has 2 atom stereocenters. The van der Waals surface area contributed by atoms with Gasteiger partial charge in [-0.05, 0) is 56.6 Å². The third-order valence-corrected chi connectivity index (χ3v) is 8.59. The van der Waals surface area contributed by atoms with Crippen molar-refractivity contribution in [2.75, 3.05) is 17.2 Å². The van der Waals surface area contributed by atoms with Gasteiger partial charge in [0.25, 0.3) is 0 Å². The maximum absolute atomic E-state index is 14.9. The molecule has 0 radical (unpaired) electrons. The summed E-state index contributed by atoms with van der Waals surface area (Å²) in [5.74, 6) is -0.408. The van der Waals surface area contributed by atoms with Crippen LogP contribution in [0.5, 0.6) is 0 Å². The van der Waals surface area contributed by atoms with Crippen molar-refractivity contribution in [3.63, 3.8) is 0 Å². The summed E-state index contributed by atoms with van der Waals surface area (Å²) in [4.78, 5) is 39.2. The highest BCUT2D eigenvalue weighted by molar-refractivity contribution is 6.36. The third kappa shape index (κ3) is 5.99. The van der Waals surface area contributed by atoms with Gasteiger partial charge in [-0.25, -0.2) is 19.2 Å². The third-order valence-electron chi connectivity index (χ3n) is 8.07. The van der Waals surface area contributed by atoms with E-state index in [4.69, 9.17) is 33.9 Å². The van der Waals surface area contributed by atoms with E-state index < -0.39 is 11.9 Å². The van der Waals surface area contributed by atoms with Gasteiger partial charge in [-0.2, -0.15) is 4.98 Å². The molecular formula is C27H33Cl2FN8O3. The number of hydrogen-bond donors (Lipinski definition) is 4. The molecule has 11 nitrogen and oxygen atoms in total. The molecule has 2 amide bonds. The summed E-state index contributed by atoms with van der Waals surface area (Å²) < 4.78 is 16.8. The molecule has 0 bridgehead atoms. The second-order valence-corrected chi connectivity index (χ2v) is 11.9. The van der Waals surface area contributed by atoms with Crippen molar-refractivity contribution in [1.29, 1.82) is 0 Å². The highest BCUT2D eigenvalue weighted by atomic mass is 35.5. The lowest BCUT2D eigenvalue weighted by molar-refractivity contribution is -0.122. The van der Waals surface area contributed by atoms with Crippen LogP contribution in [0.3, 0.4) is 0 Å². The number of carbonyl (C=O) groups excluding carboxylic acids is 1. The van der Waals surface area contributed by atoms with Crippen LogP contribution in [0.2, 0.25) is 10.0 Å². The van der Waals surface area contributed by atoms with Crippen LogP contribution in [0.25, 0.3) is 11.2 Å². The fourth-order valence-electron chi connectivity index (χ4n) is 6.18. The zero-order valence-corrected chi connectivity index (χ0v) is 24.3. The van der Waals surface area contributed by atoms with Crippen LogP contribution in [-0.4, -0.2) is 60.2 Å². The number of nitrogens with one attached hydrogen (secondary N) is 2. The van der Waals surface area contributed by atoms with Gasteiger partial charge in [0.05, 0.1) is 22.9 Å². The maximum atomic E-state index is 14.9. The van der Waals surface area contributed by atoms with E-state index in [2.05, 4.69) is 20.6 Å². The van der Waals surface area contributed by atoms with Crippen molar-refractivity contribution in [2.45, 2.75) is 70.5 Å². The predicted octanol–water partition coefficient (Wildman–Crippen LogP) is 5.81. The van der Waals surface area contributed by atoms with E-state index in [-0.39, 0.29) is 51.6 Å². The first-order valence-electron chi connectivity index (χ1n) is 13.8. The van der Waals surface area contributed by atoms with Gasteiger partial charge in [0.15, 0.2) is 5.65 Å². The van der Waals surface area contributed by atoms with Crippen LogP contribution < -0.4 is 16.4 Å². The Balaban J connectivity index is 1.52. The molecule has 1 saturated heterocycles. The topological polar surface area (TPSA) is 151 Å². The van der Waals surface area contributed by atoms with Crippen molar-refractivity contribution in [3.05, 3.63) is 34.2 Å². The van der Waals surface area contributed by atoms with Crippen LogP contribution in [0.1, 0.15) is 58.4 Å². The SMILES string of the molecule is CC(C)C1C(Nc2ncc3nc(Nc4c(F)cc(Cl)cc4Cl)n(C4CCC(C(N)=O)CC4)c3n2)CCCN1C(=O)O. The van der Waals surface area contributed by atoms with Gasteiger partial charge < -0.3 is 26.4 Å². The van der Waals surface area contributed by atoms with Crippen molar-refractivity contribution in [3.8, 4) is 0 Å². The molecule has 1 aromatic carbocycles. The quantitative estimate of drug-likeness (QED) is 0.263. The number of primary amides is 1. The monoisotopic (exact) mass is 606 g/mol. The molecule has 14 heteroatoms. The highest BCUT2D eigenvalue weighted by Crippen LogP contribution is 2.39. The molecule has 41 heavy (non-hydrogen) atoms. The number of fused-ring (bicyclic) bond motifs is 1. The van der Waals surface area contributed by atoms with Gasteiger partial charge in [-0.1, -0.05) is 37.0 Å². The van der Waals surface area contributed by atoms with E-state index >= 15 is 0 Å². The molecule has 2 fully saturated rings. The summed E-state index contributed by atoms with van der Waals surface area (Å²) in [6, 6.07) is 2.08. The molecule has 0 spiro atoms. The number of halogens is 3. The van der Waals surface area contributed by atoms with Gasteiger partial charge in [0.2, 0.25) is 17.8 Å². The number of imidazole rings is 1. The average molecular weight is 608 g/mol. The molecule has 5 N–H and O–H groups in total. The smallest absolute Gasteiger partial charge is 0.407 e. The van der Waals surface area contributed by atoms with Gasteiger partial charge in [-0.3, -0.25) is 9.36 Å². The first-order chi connectivity index (χ1) is 19.5. The minimum Gasteiger partial charge on any atom is -0.465 e. The Morgan fingerprint density at radius 3 is 2.51 bits per heavy atom. The van der Waals surface area contributed by atoms with E-state index in [1.807, 2.05) is 18.4 Å². The fraction of sp³-hybridized carbons (Fsp3) is 0.519. The van der Waals surface area contributed by atoms with Crippen molar-refractivity contribution < 1.29 is 19.1 Å². The normalized spacial score (nSPS) is 23.1. The van der Waals surface area contributed by atoms with Crippen molar-refractivity contribution in [2.24, 2.45) is 17.6 Å². The largest absolute Gasteiger partial charge is 0.465 e. The number of likely N-dealkylation sites (tertiary alicyclic amines) is 1. The molecular weight excluding hydrogens is 574 g/mol. The molecule has 3 heterocycles. The summed E-state index contributed by atoms with van der Waals surface area (Å²) in [5.41, 5.74) is 6.59. The Labute approximate surface area is 246 Å². The minimum atomic E-state index is -0.944. The highest BCUT2D eigenvalue weighted by Gasteiger charge is 2.37. The molecule has 2 aromatic heterocycles. The number of hydrogen-bond acceptors (Lipinski definition) is 7. The molecule has 2 unspecified atom stereocenters. The first kappa shape index (κ1) is 29.1. The van der Waals surface area contributed by atoms with E-state index in [9.17, 15) is 19.1 Å². The van der Waals surface area contributed by atoms with E-state index in [0.29, 0.717) is 55.3 Å². The lowest BCUT2D eigenvalue weighted by Crippen LogP contribution is -2.55. The summed E-state index contributed by atoms with van der Waals surface area (Å²) in [7, 11) is 0. The number of aromatic nitrogens is 4. The maximum Gasteiger partial charge on any atom is 0.407 e. The van der Waals surface area contributed by atoms with Gasteiger partial charge in [-0.15, -0.1) is 0 Å². The van der Waals surface area contributed by atoms with Crippen LogP contribution in [-0.2, 0) is 4.79 Å². The molecule has 3 aromatic rings. The van der Waals surface area contributed by atoms with E-state index in [0.717, 1.165) is 12.8 Å². The van der Waals surface area contributed by atoms with E-state index in [1.54, 1.807) is 6.20 Å². The number of carboxylic acid groups (broad SMARTS) is 1. The Hall–Kier alpha value is -3.38. The number of piperidine rings is 1. The summed E-state index contributed by atoms with van der Waals surface area (Å²) >= 11 is 12.3. The molecule has 1 aliphatic heterocycles. The Morgan fingerprint density at radius 2 is 1.88 bits per heavy atom. The predicted molar refractivity (Wildman–Crippen MR) is 155 cm³/mol. The van der Waals surface area contributed by atoms with Gasteiger partial charge >= 0.3 is 6.09 Å². The van der Waals surface area contributed by atoms with E-state index in [1.165, 1.54) is 17.0 Å². The standard InChI is InChI=1S/C27H33Cl2FN8O3/c1-13(2)22-19(4-3-9-37(22)27(40)41)33-25-32-12-20-24(36-25)38(16-7-5-14(6-8-16)23(31)39)26(34-20)35-21-17(29)10-15(28)11-18(21)30/h10-14,16,19,22H,3-9H2,1-2H3,(H2,31,39)(H,34,35)(H,40,41)(H,32,33,36). The second-order valence-electron chi connectivity index (χ2n) is 11.1. The van der Waals surface area contributed by atoms with Crippen LogP contribution in [0.15, 0.2) is 18.3 Å². The Bertz CT molecular complexity index is 1440. The average Bonchev–Trinajstić information content (AvgIpc) is 3.27. The second kappa shape index (κ2) is 11.8. The number of anilines is 3. The van der Waals surface area contributed by atoms with Crippen molar-refractivity contribution >= 4 is 64.0 Å². The first-order valence-corrected chi connectivity index (χ1v) is 14.5. The molecule has 220 valence electrons. The zero-order valence-electron chi connectivity index (χ0n) is 22.8. The number of nitrogens with two attached hydrogens (primary N) is 1. The number of nitrogens with zero attached hydrogens (tertiary/aromatic N) is 5. The van der Waals surface area contributed by atoms with Crippen LogP contribution in [0.4, 0.5) is 26.8 Å². The lowest BCUT2D eigenvalue weighted by Gasteiger charge is -2.42. The zero-order chi connectivity index (χ0) is 29.4. The minimum absolute atomic E-state index is 0.0282. The molecule has 1 aliphatic carbocycles. The molecule has 5 rings (SSSR count). The summed E-state index contributed by atoms with van der Waals surface area (Å²) in [6.07, 6.45) is 4.63. The molecule has 1 saturated carbocycles. The molecule has 2 aliphatic rings. The lowest BCUT2D eigenvalue weighted by atomic mass is 9.85. The van der Waals surface area contributed by atoms with Crippen LogP contribution >= 0.6 is 23.2 Å². The van der Waals surface area contributed by atoms with Gasteiger partial charge in [0.1, 0.15) is 11.3 Å². The summed E-state index contributed by atoms with van der Waals surface area (Å²) in [6.45, 7) is 4.48. The van der Waals surface area contributed by atoms with Gasteiger partial charge in [0, 0.05) is 29.6 Å². The van der Waals surface area contributed by atoms with Crippen molar-refractivity contribution in [1.82, 2.24) is 24.4 Å². The summed E-state index contributed by atoms with van der Waals surface area (Å²) in [5, 5.41) is 16.4.